The Kier molecular flexibility index (Phi) is 4.99. The number of rotatable bonds is 6. The van der Waals surface area contributed by atoms with Crippen molar-refractivity contribution in [3.63, 3.8) is 0 Å². The van der Waals surface area contributed by atoms with Crippen LogP contribution in [0, 0.1) is 5.95 Å². The number of para-hydroxylation sites is 1. The summed E-state index contributed by atoms with van der Waals surface area (Å²) in [5, 5.41) is 8.04. The predicted octanol–water partition coefficient (Wildman–Crippen LogP) is 3.56. The fraction of sp³-hybridized carbons (Fsp3) is 0.190. The molecular formula is C21H20FN5O2. The summed E-state index contributed by atoms with van der Waals surface area (Å²) in [5.74, 6) is -0.244. The summed E-state index contributed by atoms with van der Waals surface area (Å²) in [6, 6.07) is 11.0. The molecule has 7 nitrogen and oxygen atoms in total. The zero-order chi connectivity index (χ0) is 20.4. The van der Waals surface area contributed by atoms with E-state index in [9.17, 15) is 9.18 Å². The number of benzene rings is 2. The first-order valence-electron chi connectivity index (χ1n) is 9.20. The Morgan fingerprint density at radius 3 is 2.93 bits per heavy atom. The first-order valence-corrected chi connectivity index (χ1v) is 9.20. The molecule has 0 saturated carbocycles. The van der Waals surface area contributed by atoms with E-state index in [4.69, 9.17) is 4.74 Å². The number of H-pyrrole nitrogens is 1. The summed E-state index contributed by atoms with van der Waals surface area (Å²) in [4.78, 5) is 18.2. The fourth-order valence-corrected chi connectivity index (χ4v) is 3.27. The quantitative estimate of drug-likeness (QED) is 0.543. The van der Waals surface area contributed by atoms with Crippen molar-refractivity contribution < 1.29 is 13.9 Å². The molecule has 1 N–H and O–H groups in total. The summed E-state index contributed by atoms with van der Waals surface area (Å²) in [5.41, 5.74) is 2.99. The van der Waals surface area contributed by atoms with Crippen LogP contribution in [0.2, 0.25) is 0 Å². The highest BCUT2D eigenvalue weighted by Gasteiger charge is 2.17. The molecule has 8 heteroatoms. The van der Waals surface area contributed by atoms with Gasteiger partial charge in [0.15, 0.2) is 0 Å². The molecule has 0 atom stereocenters. The van der Waals surface area contributed by atoms with Crippen LogP contribution in [0.5, 0.6) is 5.75 Å². The Labute approximate surface area is 166 Å². The first kappa shape index (κ1) is 18.7. The number of nitrogens with zero attached hydrogens (tertiary/aromatic N) is 4. The van der Waals surface area contributed by atoms with Gasteiger partial charge in [-0.3, -0.25) is 14.5 Å². The molecule has 0 unspecified atom stereocenters. The highest BCUT2D eigenvalue weighted by Crippen LogP contribution is 2.26. The normalized spacial score (nSPS) is 11.0. The largest absolute Gasteiger partial charge is 0.492 e. The van der Waals surface area contributed by atoms with Crippen LogP contribution in [0.3, 0.4) is 0 Å². The molecule has 0 aliphatic carbocycles. The smallest absolute Gasteiger partial charge is 0.254 e. The number of carbonyl (C=O) groups excluding carboxylic acids is 1. The van der Waals surface area contributed by atoms with E-state index in [1.165, 1.54) is 17.1 Å². The van der Waals surface area contributed by atoms with Gasteiger partial charge in [-0.25, -0.2) is 4.98 Å². The van der Waals surface area contributed by atoms with Gasteiger partial charge in [-0.05, 0) is 30.7 Å². The lowest BCUT2D eigenvalue weighted by atomic mass is 10.1. The maximum absolute atomic E-state index is 13.3. The van der Waals surface area contributed by atoms with Gasteiger partial charge < -0.3 is 9.64 Å². The lowest BCUT2D eigenvalue weighted by Gasteiger charge is -2.19. The van der Waals surface area contributed by atoms with E-state index in [1.54, 1.807) is 36.3 Å². The first-order chi connectivity index (χ1) is 14.1. The van der Waals surface area contributed by atoms with Crippen molar-refractivity contribution in [2.45, 2.75) is 13.5 Å². The van der Waals surface area contributed by atoms with Gasteiger partial charge in [0.1, 0.15) is 12.1 Å². The maximum Gasteiger partial charge on any atom is 0.254 e. The van der Waals surface area contributed by atoms with E-state index in [1.807, 2.05) is 25.1 Å². The average Bonchev–Trinajstić information content (AvgIpc) is 3.37. The molecule has 2 aromatic carbocycles. The predicted molar refractivity (Wildman–Crippen MR) is 107 cm³/mol. The van der Waals surface area contributed by atoms with Crippen molar-refractivity contribution in [3.05, 3.63) is 72.2 Å². The van der Waals surface area contributed by atoms with Crippen LogP contribution in [0.25, 0.3) is 16.6 Å². The Bertz CT molecular complexity index is 1170. The summed E-state index contributed by atoms with van der Waals surface area (Å²) in [7, 11) is 1.75. The van der Waals surface area contributed by atoms with Gasteiger partial charge in [0.2, 0.25) is 5.95 Å². The molecule has 0 saturated heterocycles. The van der Waals surface area contributed by atoms with Gasteiger partial charge in [0.05, 0.1) is 30.2 Å². The lowest BCUT2D eigenvalue weighted by Crippen LogP contribution is -2.26. The number of halogens is 1. The number of nitrogens with one attached hydrogen (secondary N) is 1. The van der Waals surface area contributed by atoms with E-state index in [2.05, 4.69) is 15.2 Å². The molecule has 2 aromatic heterocycles. The lowest BCUT2D eigenvalue weighted by molar-refractivity contribution is 0.0785. The number of amides is 1. The highest BCUT2D eigenvalue weighted by molar-refractivity contribution is 5.95. The van der Waals surface area contributed by atoms with Crippen molar-refractivity contribution in [3.8, 4) is 11.4 Å². The minimum atomic E-state index is -0.583. The van der Waals surface area contributed by atoms with Crippen LogP contribution in [0.15, 0.2) is 55.1 Å². The van der Waals surface area contributed by atoms with Crippen LogP contribution in [0.1, 0.15) is 22.8 Å². The van der Waals surface area contributed by atoms with Crippen LogP contribution in [-0.4, -0.2) is 44.2 Å². The summed E-state index contributed by atoms with van der Waals surface area (Å²) >= 11 is 0. The number of hydrogen-bond donors (Lipinski definition) is 1. The van der Waals surface area contributed by atoms with Crippen molar-refractivity contribution in [2.24, 2.45) is 0 Å². The number of hydrogen-bond acceptors (Lipinski definition) is 4. The fourth-order valence-electron chi connectivity index (χ4n) is 3.27. The van der Waals surface area contributed by atoms with Gasteiger partial charge in [0.25, 0.3) is 5.91 Å². The van der Waals surface area contributed by atoms with Crippen LogP contribution < -0.4 is 4.74 Å². The van der Waals surface area contributed by atoms with Gasteiger partial charge in [-0.1, -0.05) is 18.2 Å². The Morgan fingerprint density at radius 1 is 1.31 bits per heavy atom. The zero-order valence-corrected chi connectivity index (χ0v) is 16.1. The van der Waals surface area contributed by atoms with E-state index in [0.29, 0.717) is 30.2 Å². The molecule has 0 aliphatic rings. The van der Waals surface area contributed by atoms with Gasteiger partial charge in [-0.15, -0.1) is 0 Å². The molecule has 0 fully saturated rings. The van der Waals surface area contributed by atoms with Crippen molar-refractivity contribution in [2.75, 3.05) is 13.7 Å². The average molecular weight is 393 g/mol. The monoisotopic (exact) mass is 393 g/mol. The highest BCUT2D eigenvalue weighted by atomic mass is 19.1. The third-order valence-corrected chi connectivity index (χ3v) is 4.65. The number of imidazole rings is 1. The summed E-state index contributed by atoms with van der Waals surface area (Å²) < 4.78 is 20.5. The van der Waals surface area contributed by atoms with Crippen molar-refractivity contribution >= 4 is 16.8 Å². The number of fused-ring (bicyclic) bond motifs is 1. The zero-order valence-electron chi connectivity index (χ0n) is 16.1. The van der Waals surface area contributed by atoms with E-state index < -0.39 is 5.95 Å². The molecule has 4 aromatic rings. The molecule has 0 radical (unpaired) electrons. The second kappa shape index (κ2) is 7.75. The second-order valence-electron chi connectivity index (χ2n) is 6.63. The Hall–Kier alpha value is -3.68. The van der Waals surface area contributed by atoms with Crippen molar-refractivity contribution in [1.29, 1.82) is 0 Å². The minimum absolute atomic E-state index is 0.147. The molecule has 1 amide bonds. The van der Waals surface area contributed by atoms with E-state index in [0.717, 1.165) is 16.5 Å². The third kappa shape index (κ3) is 3.69. The standard InChI is InChI=1S/C21H20FN5O2/c1-3-29-18-9-14(7-8-17(18)27-12-19(22)23-13-27)21(28)26(2)11-16-6-4-5-15-10-24-25-20(15)16/h4-10,12-13H,3,11H2,1-2H3,(H,24,25). The van der Waals surface area contributed by atoms with Crippen LogP contribution in [0.4, 0.5) is 4.39 Å². The van der Waals surface area contributed by atoms with Gasteiger partial charge in [0, 0.05) is 24.5 Å². The number of aromatic nitrogens is 4. The molecule has 29 heavy (non-hydrogen) atoms. The molecule has 0 aliphatic heterocycles. The molecule has 4 rings (SSSR count). The molecule has 148 valence electrons. The van der Waals surface area contributed by atoms with E-state index >= 15 is 0 Å². The topological polar surface area (TPSA) is 76.0 Å². The summed E-state index contributed by atoms with van der Waals surface area (Å²) in [6.07, 6.45) is 4.38. The Balaban J connectivity index is 1.60. The third-order valence-electron chi connectivity index (χ3n) is 4.65. The number of carbonyl (C=O) groups is 1. The van der Waals surface area contributed by atoms with Gasteiger partial charge >= 0.3 is 0 Å². The molecule has 0 bridgehead atoms. The van der Waals surface area contributed by atoms with Crippen LogP contribution in [-0.2, 0) is 6.54 Å². The molecule has 0 spiro atoms. The maximum atomic E-state index is 13.3. The minimum Gasteiger partial charge on any atom is -0.492 e. The van der Waals surface area contributed by atoms with Crippen LogP contribution >= 0.6 is 0 Å². The second-order valence-corrected chi connectivity index (χ2v) is 6.63. The molecular weight excluding hydrogens is 373 g/mol. The summed E-state index contributed by atoms with van der Waals surface area (Å²) in [6.45, 7) is 2.69. The number of aromatic amines is 1. The van der Waals surface area contributed by atoms with Gasteiger partial charge in [-0.2, -0.15) is 9.49 Å². The molecule has 2 heterocycles. The Morgan fingerprint density at radius 2 is 2.17 bits per heavy atom. The van der Waals surface area contributed by atoms with Crippen molar-refractivity contribution in [1.82, 2.24) is 24.6 Å². The number of ether oxygens (including phenoxy) is 1. The van der Waals surface area contributed by atoms with E-state index in [-0.39, 0.29) is 5.91 Å². The SMILES string of the molecule is CCOc1cc(C(=O)N(C)Cc2cccc3cn[nH]c23)ccc1-n1cnc(F)c1.